The number of anilines is 1. The van der Waals surface area contributed by atoms with E-state index in [-0.39, 0.29) is 18.1 Å². The first-order valence-corrected chi connectivity index (χ1v) is 12.6. The fourth-order valence-corrected chi connectivity index (χ4v) is 4.84. The van der Waals surface area contributed by atoms with Crippen LogP contribution in [0.15, 0.2) is 41.3 Å². The van der Waals surface area contributed by atoms with Crippen molar-refractivity contribution in [1.82, 2.24) is 0 Å². The summed E-state index contributed by atoms with van der Waals surface area (Å²) in [6.07, 6.45) is 4.60. The van der Waals surface area contributed by atoms with E-state index in [2.05, 4.69) is 5.32 Å². The molecule has 0 fully saturated rings. The summed E-state index contributed by atoms with van der Waals surface area (Å²) in [4.78, 5) is 12.7. The van der Waals surface area contributed by atoms with E-state index in [9.17, 15) is 13.2 Å². The summed E-state index contributed by atoms with van der Waals surface area (Å²) in [5.41, 5.74) is 2.88. The number of hydrogen-bond donors (Lipinski definition) is 1. The molecule has 0 unspecified atom stereocenters. The molecule has 2 aromatic carbocycles. The highest BCUT2D eigenvalue weighted by Gasteiger charge is 2.20. The van der Waals surface area contributed by atoms with Gasteiger partial charge in [-0.1, -0.05) is 19.9 Å². The van der Waals surface area contributed by atoms with Gasteiger partial charge in [-0.25, -0.2) is 8.42 Å². The normalized spacial score (nSPS) is 13.0. The first-order chi connectivity index (χ1) is 14.9. The highest BCUT2D eigenvalue weighted by atomic mass is 32.2. The van der Waals surface area contributed by atoms with Gasteiger partial charge in [-0.3, -0.25) is 4.79 Å². The van der Waals surface area contributed by atoms with Crippen LogP contribution in [0.2, 0.25) is 0 Å². The van der Waals surface area contributed by atoms with Crippen molar-refractivity contribution in [2.75, 3.05) is 24.3 Å². The topological polar surface area (TPSA) is 81.7 Å². The minimum Gasteiger partial charge on any atom is -0.490 e. The maximum Gasteiger partial charge on any atom is 0.225 e. The number of ether oxygens (including phenoxy) is 2. The minimum atomic E-state index is -3.51. The van der Waals surface area contributed by atoms with Crippen LogP contribution in [0.4, 0.5) is 5.69 Å². The monoisotopic (exact) mass is 445 g/mol. The SMILES string of the molecule is CCCOc1ccc(NC(=O)CCS(=O)(=O)c2ccc3c(c2)CCC3)cc1OCCC. The molecule has 0 aromatic heterocycles. The molecule has 3 rings (SSSR count). The molecule has 0 radical (unpaired) electrons. The van der Waals surface area contributed by atoms with Crippen molar-refractivity contribution in [2.45, 2.75) is 57.3 Å². The fourth-order valence-electron chi connectivity index (χ4n) is 3.55. The molecule has 0 bridgehead atoms. The van der Waals surface area contributed by atoms with Crippen molar-refractivity contribution < 1.29 is 22.7 Å². The maximum absolute atomic E-state index is 12.7. The van der Waals surface area contributed by atoms with Crippen molar-refractivity contribution in [3.8, 4) is 11.5 Å². The lowest BCUT2D eigenvalue weighted by atomic mass is 10.1. The van der Waals surface area contributed by atoms with E-state index in [0.29, 0.717) is 35.3 Å². The number of benzene rings is 2. The molecule has 0 saturated heterocycles. The van der Waals surface area contributed by atoms with Gasteiger partial charge in [0.15, 0.2) is 21.3 Å². The van der Waals surface area contributed by atoms with Gasteiger partial charge >= 0.3 is 0 Å². The molecule has 31 heavy (non-hydrogen) atoms. The van der Waals surface area contributed by atoms with Gasteiger partial charge in [0.05, 0.1) is 23.9 Å². The number of nitrogens with one attached hydrogen (secondary N) is 1. The molecular weight excluding hydrogens is 414 g/mol. The Morgan fingerprint density at radius 2 is 1.65 bits per heavy atom. The number of carbonyl (C=O) groups excluding carboxylic acids is 1. The number of rotatable bonds is 11. The molecule has 0 heterocycles. The lowest BCUT2D eigenvalue weighted by molar-refractivity contribution is -0.115. The zero-order chi connectivity index (χ0) is 22.3. The Hall–Kier alpha value is -2.54. The van der Waals surface area contributed by atoms with Gasteiger partial charge in [-0.15, -0.1) is 0 Å². The third kappa shape index (κ3) is 6.23. The molecule has 168 valence electrons. The Morgan fingerprint density at radius 1 is 0.935 bits per heavy atom. The number of sulfone groups is 1. The molecule has 0 saturated carbocycles. The lowest BCUT2D eigenvalue weighted by Gasteiger charge is -2.14. The Labute approximate surface area is 184 Å². The third-order valence-electron chi connectivity index (χ3n) is 5.18. The van der Waals surface area contributed by atoms with Crippen LogP contribution in [0.5, 0.6) is 11.5 Å². The second kappa shape index (κ2) is 10.7. The number of aryl methyl sites for hydroxylation is 2. The number of hydrogen-bond acceptors (Lipinski definition) is 5. The van der Waals surface area contributed by atoms with Crippen LogP contribution in [0.1, 0.15) is 50.7 Å². The van der Waals surface area contributed by atoms with E-state index in [1.54, 1.807) is 30.3 Å². The van der Waals surface area contributed by atoms with E-state index in [0.717, 1.165) is 37.7 Å². The second-order valence-electron chi connectivity index (χ2n) is 7.76. The van der Waals surface area contributed by atoms with Crippen LogP contribution >= 0.6 is 0 Å². The largest absolute Gasteiger partial charge is 0.490 e. The minimum absolute atomic E-state index is 0.112. The standard InChI is InChI=1S/C24H31NO5S/c1-3-13-29-22-11-9-20(17-23(22)30-14-4-2)25-24(26)12-15-31(27,28)21-10-8-18-6-5-7-19(18)16-21/h8-11,16-17H,3-7,12-15H2,1-2H3,(H,25,26). The number of carbonyl (C=O) groups is 1. The van der Waals surface area contributed by atoms with E-state index in [4.69, 9.17) is 9.47 Å². The van der Waals surface area contributed by atoms with Crippen LogP contribution < -0.4 is 14.8 Å². The summed E-state index contributed by atoms with van der Waals surface area (Å²) in [6, 6.07) is 10.5. The van der Waals surface area contributed by atoms with Crippen molar-refractivity contribution in [3.05, 3.63) is 47.5 Å². The summed E-state index contributed by atoms with van der Waals surface area (Å²) in [5.74, 6) is 0.619. The van der Waals surface area contributed by atoms with Gasteiger partial charge in [0.25, 0.3) is 0 Å². The summed E-state index contributed by atoms with van der Waals surface area (Å²) in [6.45, 7) is 5.16. The van der Waals surface area contributed by atoms with Crippen molar-refractivity contribution in [2.24, 2.45) is 0 Å². The summed E-state index contributed by atoms with van der Waals surface area (Å²) >= 11 is 0. The van der Waals surface area contributed by atoms with E-state index < -0.39 is 9.84 Å². The first-order valence-electron chi connectivity index (χ1n) is 11.0. The molecule has 1 aliphatic rings. The Bertz CT molecular complexity index is 1020. The molecule has 0 spiro atoms. The van der Waals surface area contributed by atoms with Gasteiger partial charge in [0, 0.05) is 18.2 Å². The predicted octanol–water partition coefficient (Wildman–Crippen LogP) is 4.56. The van der Waals surface area contributed by atoms with Crippen LogP contribution in [-0.2, 0) is 27.5 Å². The van der Waals surface area contributed by atoms with Crippen LogP contribution in [0, 0.1) is 0 Å². The molecule has 1 aliphatic carbocycles. The average Bonchev–Trinajstić information content (AvgIpc) is 3.23. The number of fused-ring (bicyclic) bond motifs is 1. The zero-order valence-corrected chi connectivity index (χ0v) is 19.1. The average molecular weight is 446 g/mol. The Morgan fingerprint density at radius 3 is 2.39 bits per heavy atom. The molecule has 0 aliphatic heterocycles. The molecule has 0 atom stereocenters. The maximum atomic E-state index is 12.7. The van der Waals surface area contributed by atoms with Crippen LogP contribution in [0.25, 0.3) is 0 Å². The first kappa shape index (κ1) is 23.1. The molecule has 2 aromatic rings. The Kier molecular flexibility index (Phi) is 7.96. The van der Waals surface area contributed by atoms with Crippen molar-refractivity contribution in [3.63, 3.8) is 0 Å². The van der Waals surface area contributed by atoms with E-state index in [1.807, 2.05) is 19.9 Å². The van der Waals surface area contributed by atoms with Crippen molar-refractivity contribution >= 4 is 21.4 Å². The van der Waals surface area contributed by atoms with E-state index >= 15 is 0 Å². The summed E-state index contributed by atoms with van der Waals surface area (Å²) < 4.78 is 36.8. The third-order valence-corrected chi connectivity index (χ3v) is 6.89. The van der Waals surface area contributed by atoms with E-state index in [1.165, 1.54) is 5.56 Å². The highest BCUT2D eigenvalue weighted by molar-refractivity contribution is 7.91. The van der Waals surface area contributed by atoms with Gasteiger partial charge in [0.2, 0.25) is 5.91 Å². The lowest BCUT2D eigenvalue weighted by Crippen LogP contribution is -2.17. The molecule has 6 nitrogen and oxygen atoms in total. The molecular formula is C24H31NO5S. The molecule has 1 N–H and O–H groups in total. The summed E-state index contributed by atoms with van der Waals surface area (Å²) in [7, 11) is -3.51. The van der Waals surface area contributed by atoms with Crippen LogP contribution in [0.3, 0.4) is 0 Å². The van der Waals surface area contributed by atoms with Crippen LogP contribution in [-0.4, -0.2) is 33.3 Å². The smallest absolute Gasteiger partial charge is 0.225 e. The quantitative estimate of drug-likeness (QED) is 0.548. The van der Waals surface area contributed by atoms with Gasteiger partial charge < -0.3 is 14.8 Å². The Balaban J connectivity index is 1.62. The van der Waals surface area contributed by atoms with Gasteiger partial charge in [-0.05, 0) is 67.5 Å². The zero-order valence-electron chi connectivity index (χ0n) is 18.3. The summed E-state index contributed by atoms with van der Waals surface area (Å²) in [5, 5.41) is 2.77. The predicted molar refractivity (Wildman–Crippen MR) is 122 cm³/mol. The fraction of sp³-hybridized carbons (Fsp3) is 0.458. The van der Waals surface area contributed by atoms with Gasteiger partial charge in [0.1, 0.15) is 0 Å². The molecule has 7 heteroatoms. The highest BCUT2D eigenvalue weighted by Crippen LogP contribution is 2.31. The second-order valence-corrected chi connectivity index (χ2v) is 9.87. The van der Waals surface area contributed by atoms with Gasteiger partial charge in [-0.2, -0.15) is 0 Å². The number of amides is 1. The molecule has 1 amide bonds. The van der Waals surface area contributed by atoms with Crippen molar-refractivity contribution in [1.29, 1.82) is 0 Å².